The van der Waals surface area contributed by atoms with Gasteiger partial charge < -0.3 is 9.47 Å². The lowest BCUT2D eigenvalue weighted by molar-refractivity contribution is 0.0322. The molecule has 3 heterocycles. The molecule has 2 aromatic heterocycles. The molecular weight excluding hydrogens is 589 g/mol. The summed E-state index contributed by atoms with van der Waals surface area (Å²) in [5.41, 5.74) is 2.42. The van der Waals surface area contributed by atoms with Crippen LogP contribution in [0.25, 0.3) is 11.1 Å². The Morgan fingerprint density at radius 1 is 1.09 bits per heavy atom. The van der Waals surface area contributed by atoms with Gasteiger partial charge in [0.1, 0.15) is 23.2 Å². The molecule has 1 atom stereocenters. The maximum Gasteiger partial charge on any atom is 0.258 e. The Bertz CT molecular complexity index is 1620. The third-order valence-electron chi connectivity index (χ3n) is 8.99. The molecule has 1 N–H and O–H groups in total. The number of amides is 1. The molecule has 8 nitrogen and oxygen atoms in total. The predicted molar refractivity (Wildman–Crippen MR) is 163 cm³/mol. The van der Waals surface area contributed by atoms with Gasteiger partial charge in [-0.05, 0) is 72.6 Å². The Labute approximate surface area is 258 Å². The molecule has 1 aliphatic heterocycles. The van der Waals surface area contributed by atoms with Gasteiger partial charge in [0.15, 0.2) is 0 Å². The standard InChI is InChI=1S/C32H31ClFN5O3S/c33-22-3-1-21(2-4-22)32-16-20(17-32)26(18-32)30-37-38-31(43-30)36-29(40)24-7-8-35-19-27(24)25-15-23(5-6-28(25)34)42-14-11-39-9-12-41-13-10-39/h1-8,15,19-20,26H,9-14,16-18H2,(H,36,38,40). The van der Waals surface area contributed by atoms with E-state index in [0.29, 0.717) is 40.5 Å². The Hall–Kier alpha value is -3.44. The first-order chi connectivity index (χ1) is 21.0. The van der Waals surface area contributed by atoms with Crippen molar-refractivity contribution < 1.29 is 18.7 Å². The van der Waals surface area contributed by atoms with E-state index in [4.69, 9.17) is 21.1 Å². The maximum absolute atomic E-state index is 15.1. The predicted octanol–water partition coefficient (Wildman–Crippen LogP) is 6.19. The quantitative estimate of drug-likeness (QED) is 0.239. The number of nitrogens with one attached hydrogen (secondary N) is 1. The van der Waals surface area contributed by atoms with Crippen LogP contribution in [0.4, 0.5) is 9.52 Å². The number of hydrogen-bond acceptors (Lipinski definition) is 8. The highest BCUT2D eigenvalue weighted by Gasteiger charge is 2.57. The monoisotopic (exact) mass is 619 g/mol. The second-order valence-electron chi connectivity index (χ2n) is 11.5. The minimum absolute atomic E-state index is 0.172. The van der Waals surface area contributed by atoms with E-state index >= 15 is 4.39 Å². The van der Waals surface area contributed by atoms with E-state index in [1.54, 1.807) is 18.2 Å². The summed E-state index contributed by atoms with van der Waals surface area (Å²) in [6.07, 6.45) is 6.29. The smallest absolute Gasteiger partial charge is 0.258 e. The maximum atomic E-state index is 15.1. The molecule has 3 saturated carbocycles. The van der Waals surface area contributed by atoms with E-state index in [2.05, 4.69) is 37.5 Å². The summed E-state index contributed by atoms with van der Waals surface area (Å²) in [4.78, 5) is 19.9. The minimum atomic E-state index is -0.462. The number of ether oxygens (including phenoxy) is 2. The summed E-state index contributed by atoms with van der Waals surface area (Å²) in [6, 6.07) is 14.3. The van der Waals surface area contributed by atoms with Gasteiger partial charge in [-0.15, -0.1) is 10.2 Å². The van der Waals surface area contributed by atoms with Crippen LogP contribution >= 0.6 is 22.9 Å². The lowest BCUT2D eigenvalue weighted by Gasteiger charge is -2.39. The number of benzene rings is 2. The lowest BCUT2D eigenvalue weighted by Crippen LogP contribution is -2.38. The van der Waals surface area contributed by atoms with Gasteiger partial charge in [0.05, 0.1) is 18.8 Å². The van der Waals surface area contributed by atoms with Crippen LogP contribution in [0.3, 0.4) is 0 Å². The molecule has 4 aliphatic rings. The van der Waals surface area contributed by atoms with Crippen molar-refractivity contribution in [3.63, 3.8) is 0 Å². The highest BCUT2D eigenvalue weighted by Crippen LogP contribution is 2.66. The van der Waals surface area contributed by atoms with Gasteiger partial charge in [0, 0.05) is 54.1 Å². The van der Waals surface area contributed by atoms with Gasteiger partial charge in [0.2, 0.25) is 5.13 Å². The molecule has 1 unspecified atom stereocenters. The van der Waals surface area contributed by atoms with Crippen molar-refractivity contribution >= 4 is 34.0 Å². The molecule has 1 amide bonds. The molecule has 11 heteroatoms. The molecule has 0 spiro atoms. The number of carbonyl (C=O) groups is 1. The zero-order chi connectivity index (χ0) is 29.4. The first kappa shape index (κ1) is 28.3. The molecule has 43 heavy (non-hydrogen) atoms. The molecule has 1 saturated heterocycles. The molecule has 8 rings (SSSR count). The van der Waals surface area contributed by atoms with Crippen molar-refractivity contribution in [3.8, 4) is 16.9 Å². The van der Waals surface area contributed by atoms with Gasteiger partial charge in [-0.2, -0.15) is 0 Å². The Balaban J connectivity index is 1.03. The Kier molecular flexibility index (Phi) is 7.85. The number of pyridine rings is 1. The van der Waals surface area contributed by atoms with E-state index in [1.165, 1.54) is 35.4 Å². The summed E-state index contributed by atoms with van der Waals surface area (Å²) in [7, 11) is 0. The molecule has 2 bridgehead atoms. The van der Waals surface area contributed by atoms with Gasteiger partial charge in [-0.25, -0.2) is 4.39 Å². The first-order valence-electron chi connectivity index (χ1n) is 14.6. The largest absolute Gasteiger partial charge is 0.492 e. The van der Waals surface area contributed by atoms with Crippen LogP contribution in [0, 0.1) is 11.7 Å². The molecule has 222 valence electrons. The lowest BCUT2D eigenvalue weighted by atomic mass is 9.65. The zero-order valence-electron chi connectivity index (χ0n) is 23.5. The number of aromatic nitrogens is 3. The number of fused-ring (bicyclic) bond motifs is 1. The van der Waals surface area contributed by atoms with Gasteiger partial charge in [-0.3, -0.25) is 20.0 Å². The van der Waals surface area contributed by atoms with Crippen LogP contribution in [0.1, 0.15) is 46.1 Å². The molecular formula is C32H31ClFN5O3S. The normalized spacial score (nSPS) is 23.1. The van der Waals surface area contributed by atoms with Gasteiger partial charge in [0.25, 0.3) is 5.91 Å². The first-order valence-corrected chi connectivity index (χ1v) is 15.7. The fraction of sp³-hybridized carbons (Fsp3) is 0.375. The average Bonchev–Trinajstić information content (AvgIpc) is 3.73. The van der Waals surface area contributed by atoms with Crippen LogP contribution in [-0.2, 0) is 10.2 Å². The van der Waals surface area contributed by atoms with E-state index in [-0.39, 0.29) is 11.0 Å². The van der Waals surface area contributed by atoms with Crippen molar-refractivity contribution in [2.45, 2.75) is 30.6 Å². The number of carbonyl (C=O) groups excluding carboxylic acids is 1. The van der Waals surface area contributed by atoms with E-state index < -0.39 is 11.7 Å². The van der Waals surface area contributed by atoms with Crippen molar-refractivity contribution in [1.29, 1.82) is 0 Å². The number of morpholine rings is 1. The van der Waals surface area contributed by atoms with Gasteiger partial charge in [-0.1, -0.05) is 35.1 Å². The van der Waals surface area contributed by atoms with E-state index in [0.717, 1.165) is 62.1 Å². The average molecular weight is 620 g/mol. The highest BCUT2D eigenvalue weighted by molar-refractivity contribution is 7.15. The number of nitrogens with zero attached hydrogens (tertiary/aromatic N) is 4. The highest BCUT2D eigenvalue weighted by atomic mass is 35.5. The SMILES string of the molecule is O=C(Nc1nnc(C2CC3(c4ccc(Cl)cc4)CC2C3)s1)c1ccncc1-c1cc(OCCN2CCOCC2)ccc1F. The number of hydrogen-bond donors (Lipinski definition) is 1. The summed E-state index contributed by atoms with van der Waals surface area (Å²) >= 11 is 7.52. The number of anilines is 1. The Morgan fingerprint density at radius 3 is 2.72 bits per heavy atom. The summed E-state index contributed by atoms with van der Waals surface area (Å²) < 4.78 is 26.4. The molecule has 4 aromatic rings. The zero-order valence-corrected chi connectivity index (χ0v) is 25.0. The number of rotatable bonds is 9. The molecule has 0 radical (unpaired) electrons. The van der Waals surface area contributed by atoms with Crippen LogP contribution in [0.2, 0.25) is 5.02 Å². The van der Waals surface area contributed by atoms with Crippen molar-refractivity contribution in [3.05, 3.63) is 87.9 Å². The van der Waals surface area contributed by atoms with E-state index in [1.807, 2.05) is 12.1 Å². The van der Waals surface area contributed by atoms with Crippen molar-refractivity contribution in [1.82, 2.24) is 20.1 Å². The van der Waals surface area contributed by atoms with Crippen LogP contribution < -0.4 is 10.1 Å². The van der Waals surface area contributed by atoms with Crippen molar-refractivity contribution in [2.75, 3.05) is 44.8 Å². The number of halogens is 2. The fourth-order valence-corrected chi connectivity index (χ4v) is 7.81. The summed E-state index contributed by atoms with van der Waals surface area (Å²) in [5.74, 6) is 0.544. The van der Waals surface area contributed by atoms with Crippen molar-refractivity contribution in [2.24, 2.45) is 5.92 Å². The molecule has 4 fully saturated rings. The minimum Gasteiger partial charge on any atom is -0.492 e. The Morgan fingerprint density at radius 2 is 1.91 bits per heavy atom. The van der Waals surface area contributed by atoms with E-state index in [9.17, 15) is 4.79 Å². The topological polar surface area (TPSA) is 89.5 Å². The van der Waals surface area contributed by atoms with Gasteiger partial charge >= 0.3 is 0 Å². The van der Waals surface area contributed by atoms with Crippen LogP contribution in [0.5, 0.6) is 5.75 Å². The summed E-state index contributed by atoms with van der Waals surface area (Å²) in [6.45, 7) is 4.40. The second kappa shape index (κ2) is 11.9. The third kappa shape index (κ3) is 5.76. The molecule has 2 aromatic carbocycles. The molecule has 3 aliphatic carbocycles. The fourth-order valence-electron chi connectivity index (χ4n) is 6.75. The summed E-state index contributed by atoms with van der Waals surface area (Å²) in [5, 5.41) is 13.8. The van der Waals surface area contributed by atoms with Crippen LogP contribution in [0.15, 0.2) is 60.9 Å². The third-order valence-corrected chi connectivity index (χ3v) is 10.2. The second-order valence-corrected chi connectivity index (χ2v) is 13.0. The van der Waals surface area contributed by atoms with Crippen LogP contribution in [-0.4, -0.2) is 65.4 Å².